The molecule has 3 atom stereocenters. The Labute approximate surface area is 181 Å². The summed E-state index contributed by atoms with van der Waals surface area (Å²) in [6.45, 7) is 6.96. The first-order valence-electron chi connectivity index (χ1n) is 11.1. The lowest BCUT2D eigenvalue weighted by Gasteiger charge is -2.23. The Morgan fingerprint density at radius 2 is 1.53 bits per heavy atom. The molecule has 0 spiro atoms. The topological polar surface area (TPSA) is 12.5 Å². The van der Waals surface area contributed by atoms with Crippen LogP contribution in [0.15, 0.2) is 72.8 Å². The summed E-state index contributed by atoms with van der Waals surface area (Å²) in [4.78, 5) is 2.45. The second-order valence-corrected chi connectivity index (χ2v) is 8.84. The van der Waals surface area contributed by atoms with Crippen LogP contribution in [0.5, 0.6) is 5.75 Å². The molecule has 2 nitrogen and oxygen atoms in total. The molecular formula is C28H33NO. The molecule has 0 N–H and O–H groups in total. The summed E-state index contributed by atoms with van der Waals surface area (Å²) >= 11 is 0. The maximum Gasteiger partial charge on any atom is 0.118 e. The van der Waals surface area contributed by atoms with E-state index >= 15 is 0 Å². The van der Waals surface area contributed by atoms with Crippen LogP contribution in [0.3, 0.4) is 0 Å². The highest BCUT2D eigenvalue weighted by atomic mass is 16.5. The number of benzene rings is 3. The summed E-state index contributed by atoms with van der Waals surface area (Å²) in [5, 5.41) is 0. The molecule has 2 unspecified atom stereocenters. The van der Waals surface area contributed by atoms with E-state index in [1.165, 1.54) is 28.7 Å². The maximum absolute atomic E-state index is 5.30. The molecule has 0 bridgehead atoms. The number of nitrogens with zero attached hydrogens (tertiary/aromatic N) is 1. The van der Waals surface area contributed by atoms with Gasteiger partial charge in [-0.15, -0.1) is 0 Å². The third-order valence-corrected chi connectivity index (χ3v) is 6.94. The fourth-order valence-corrected chi connectivity index (χ4v) is 4.94. The summed E-state index contributed by atoms with van der Waals surface area (Å²) in [5.74, 6) is 2.82. The lowest BCUT2D eigenvalue weighted by Crippen LogP contribution is -2.22. The highest BCUT2D eigenvalue weighted by Crippen LogP contribution is 2.48. The Morgan fingerprint density at radius 1 is 0.833 bits per heavy atom. The van der Waals surface area contributed by atoms with Crippen molar-refractivity contribution in [2.45, 2.75) is 38.6 Å². The van der Waals surface area contributed by atoms with E-state index < -0.39 is 0 Å². The standard InChI is InChI=1S/C28H33NO/c1-20-21(2)28-18-24(23-10-13-25(30-4)14-11-23)12-15-27(28)26(20)16-17-29(3)19-22-8-6-5-7-9-22/h5-15,18,20-21,26H,16-17,19H2,1-4H3/t20-,21?,26?/m1/s1. The summed E-state index contributed by atoms with van der Waals surface area (Å²) in [6.07, 6.45) is 1.21. The first-order valence-corrected chi connectivity index (χ1v) is 11.1. The molecule has 2 heteroatoms. The van der Waals surface area contributed by atoms with Crippen molar-refractivity contribution < 1.29 is 4.74 Å². The van der Waals surface area contributed by atoms with Crippen molar-refractivity contribution in [3.8, 4) is 16.9 Å². The van der Waals surface area contributed by atoms with E-state index in [-0.39, 0.29) is 0 Å². The summed E-state index contributed by atoms with van der Waals surface area (Å²) in [7, 11) is 3.95. The van der Waals surface area contributed by atoms with E-state index in [1.54, 1.807) is 12.7 Å². The maximum atomic E-state index is 5.30. The van der Waals surface area contributed by atoms with Crippen LogP contribution in [0, 0.1) is 5.92 Å². The first kappa shape index (κ1) is 20.7. The van der Waals surface area contributed by atoms with Gasteiger partial charge in [0.15, 0.2) is 0 Å². The number of fused-ring (bicyclic) bond motifs is 1. The lowest BCUT2D eigenvalue weighted by molar-refractivity contribution is 0.292. The smallest absolute Gasteiger partial charge is 0.118 e. The van der Waals surface area contributed by atoms with Gasteiger partial charge in [0.1, 0.15) is 5.75 Å². The first-order chi connectivity index (χ1) is 14.6. The van der Waals surface area contributed by atoms with Crippen molar-refractivity contribution in [2.75, 3.05) is 20.7 Å². The third-order valence-electron chi connectivity index (χ3n) is 6.94. The summed E-state index contributed by atoms with van der Waals surface area (Å²) < 4.78 is 5.30. The molecule has 1 aliphatic carbocycles. The highest BCUT2D eigenvalue weighted by molar-refractivity contribution is 5.66. The van der Waals surface area contributed by atoms with E-state index in [2.05, 4.69) is 86.5 Å². The molecule has 0 fully saturated rings. The van der Waals surface area contributed by atoms with Crippen molar-refractivity contribution in [1.29, 1.82) is 0 Å². The molecular weight excluding hydrogens is 366 g/mol. The van der Waals surface area contributed by atoms with Gasteiger partial charge < -0.3 is 9.64 Å². The van der Waals surface area contributed by atoms with Gasteiger partial charge >= 0.3 is 0 Å². The minimum Gasteiger partial charge on any atom is -0.497 e. The Morgan fingerprint density at radius 3 is 2.23 bits per heavy atom. The molecule has 156 valence electrons. The van der Waals surface area contributed by atoms with Crippen LogP contribution in [0.1, 0.15) is 48.8 Å². The van der Waals surface area contributed by atoms with Crippen LogP contribution in [0.25, 0.3) is 11.1 Å². The average molecular weight is 400 g/mol. The Kier molecular flexibility index (Phi) is 6.24. The molecule has 1 aliphatic rings. The van der Waals surface area contributed by atoms with Gasteiger partial charge in [0.25, 0.3) is 0 Å². The lowest BCUT2D eigenvalue weighted by atomic mass is 9.87. The third kappa shape index (κ3) is 4.29. The Hall–Kier alpha value is -2.58. The van der Waals surface area contributed by atoms with Gasteiger partial charge in [-0.3, -0.25) is 0 Å². The fourth-order valence-electron chi connectivity index (χ4n) is 4.94. The molecule has 3 aromatic rings. The minimum atomic E-state index is 0.600. The van der Waals surface area contributed by atoms with E-state index in [0.29, 0.717) is 17.8 Å². The molecule has 0 radical (unpaired) electrons. The largest absolute Gasteiger partial charge is 0.497 e. The van der Waals surface area contributed by atoms with Crippen LogP contribution in [-0.4, -0.2) is 25.6 Å². The van der Waals surface area contributed by atoms with Gasteiger partial charge in [-0.05, 0) is 77.7 Å². The monoisotopic (exact) mass is 399 g/mol. The molecule has 0 saturated heterocycles. The molecule has 0 saturated carbocycles. The second kappa shape index (κ2) is 9.06. The number of hydrogen-bond donors (Lipinski definition) is 0. The van der Waals surface area contributed by atoms with E-state index in [4.69, 9.17) is 4.74 Å². The zero-order chi connectivity index (χ0) is 21.1. The van der Waals surface area contributed by atoms with Crippen molar-refractivity contribution >= 4 is 0 Å². The van der Waals surface area contributed by atoms with Crippen molar-refractivity contribution in [3.05, 3.63) is 89.5 Å². The van der Waals surface area contributed by atoms with Crippen LogP contribution < -0.4 is 4.74 Å². The van der Waals surface area contributed by atoms with Crippen LogP contribution in [0.2, 0.25) is 0 Å². The number of ether oxygens (including phenoxy) is 1. The van der Waals surface area contributed by atoms with Crippen LogP contribution in [-0.2, 0) is 6.54 Å². The molecule has 4 rings (SSSR count). The minimum absolute atomic E-state index is 0.600. The molecule has 3 aromatic carbocycles. The molecule has 0 heterocycles. The van der Waals surface area contributed by atoms with Gasteiger partial charge in [0, 0.05) is 6.54 Å². The Balaban J connectivity index is 1.47. The SMILES string of the molecule is COc1ccc(-c2ccc3c(c2)C(C)[C@@H](C)C3CCN(C)Cc2ccccc2)cc1. The highest BCUT2D eigenvalue weighted by Gasteiger charge is 2.35. The van der Waals surface area contributed by atoms with E-state index in [1.807, 2.05) is 12.1 Å². The number of rotatable bonds is 7. The predicted molar refractivity (Wildman–Crippen MR) is 126 cm³/mol. The fraction of sp³-hybridized carbons (Fsp3) is 0.357. The number of hydrogen-bond acceptors (Lipinski definition) is 2. The Bertz CT molecular complexity index is 964. The van der Waals surface area contributed by atoms with E-state index in [9.17, 15) is 0 Å². The van der Waals surface area contributed by atoms with Gasteiger partial charge in [0.05, 0.1) is 7.11 Å². The van der Waals surface area contributed by atoms with Crippen molar-refractivity contribution in [1.82, 2.24) is 4.90 Å². The number of methoxy groups -OCH3 is 1. The zero-order valence-corrected chi connectivity index (χ0v) is 18.6. The molecule has 0 aromatic heterocycles. The zero-order valence-electron chi connectivity index (χ0n) is 18.6. The summed E-state index contributed by atoms with van der Waals surface area (Å²) in [5.41, 5.74) is 7.03. The van der Waals surface area contributed by atoms with E-state index in [0.717, 1.165) is 18.8 Å². The second-order valence-electron chi connectivity index (χ2n) is 8.84. The quantitative estimate of drug-likeness (QED) is 0.437. The molecule has 30 heavy (non-hydrogen) atoms. The van der Waals surface area contributed by atoms with Gasteiger partial charge in [-0.25, -0.2) is 0 Å². The molecule has 0 amide bonds. The molecule has 0 aliphatic heterocycles. The van der Waals surface area contributed by atoms with Crippen molar-refractivity contribution in [2.24, 2.45) is 5.92 Å². The van der Waals surface area contributed by atoms with Gasteiger partial charge in [-0.2, -0.15) is 0 Å². The van der Waals surface area contributed by atoms with Crippen LogP contribution in [0.4, 0.5) is 0 Å². The average Bonchev–Trinajstić information content (AvgIpc) is 3.02. The summed E-state index contributed by atoms with van der Waals surface area (Å²) in [6, 6.07) is 26.3. The van der Waals surface area contributed by atoms with Crippen LogP contribution >= 0.6 is 0 Å². The predicted octanol–water partition coefficient (Wildman–Crippen LogP) is 6.72. The van der Waals surface area contributed by atoms with Gasteiger partial charge in [-0.1, -0.05) is 74.5 Å². The normalized spacial score (nSPS) is 20.4. The van der Waals surface area contributed by atoms with Crippen molar-refractivity contribution in [3.63, 3.8) is 0 Å². The van der Waals surface area contributed by atoms with Gasteiger partial charge in [0.2, 0.25) is 0 Å².